The first kappa shape index (κ1) is 17.1. The highest BCUT2D eigenvalue weighted by atomic mass is 28.3. The summed E-state index contributed by atoms with van der Waals surface area (Å²) in [4.78, 5) is 0. The molecule has 1 rings (SSSR count). The molecule has 0 fully saturated rings. The predicted molar refractivity (Wildman–Crippen MR) is 93.9 cm³/mol. The lowest BCUT2D eigenvalue weighted by molar-refractivity contribution is 0.461. The van der Waals surface area contributed by atoms with E-state index < -0.39 is 8.07 Å². The van der Waals surface area contributed by atoms with Crippen LogP contribution in [0.1, 0.15) is 49.9 Å². The van der Waals surface area contributed by atoms with Gasteiger partial charge in [0.05, 0.1) is 11.1 Å². The van der Waals surface area contributed by atoms with Crippen LogP contribution in [0, 0.1) is 32.8 Å². The Bertz CT molecular complexity index is 481. The van der Waals surface area contributed by atoms with Gasteiger partial charge in [0.1, 0.15) is 8.07 Å². The van der Waals surface area contributed by atoms with E-state index in [0.29, 0.717) is 11.0 Å². The molecule has 0 aliphatic rings. The van der Waals surface area contributed by atoms with Crippen LogP contribution < -0.4 is 0 Å². The zero-order valence-electron chi connectivity index (χ0n) is 14.8. The molecular formula is C19H31Si+. The minimum Gasteiger partial charge on any atom is -0.0639 e. The van der Waals surface area contributed by atoms with Crippen molar-refractivity contribution in [2.75, 3.05) is 0 Å². The Labute approximate surface area is 127 Å². The first-order valence-corrected chi connectivity index (χ1v) is 10.8. The van der Waals surface area contributed by atoms with E-state index in [2.05, 4.69) is 85.5 Å². The summed E-state index contributed by atoms with van der Waals surface area (Å²) in [5.74, 6) is 0.697. The predicted octanol–water partition coefficient (Wildman–Crippen LogP) is 6.00. The molecule has 0 aliphatic carbocycles. The van der Waals surface area contributed by atoms with Crippen molar-refractivity contribution < 1.29 is 0 Å². The Morgan fingerprint density at radius 3 is 1.90 bits per heavy atom. The second kappa shape index (κ2) is 5.83. The number of hydrogen-bond acceptors (Lipinski definition) is 0. The quantitative estimate of drug-likeness (QED) is 0.470. The largest absolute Gasteiger partial charge is 0.192 e. The van der Waals surface area contributed by atoms with Crippen LogP contribution in [0.15, 0.2) is 17.8 Å². The third-order valence-corrected chi connectivity index (χ3v) is 10.1. The van der Waals surface area contributed by atoms with Crippen molar-refractivity contribution in [2.24, 2.45) is 5.92 Å². The maximum Gasteiger partial charge on any atom is 0.192 e. The summed E-state index contributed by atoms with van der Waals surface area (Å²) in [7, 11) is -1.47. The summed E-state index contributed by atoms with van der Waals surface area (Å²) in [6, 6.07) is 4.51. The SMILES string of the molecule is Cc1cc(C)c([C+]=C[Si](C)(C)C(C)(C)C(C)C)c(C)c1. The Kier molecular flexibility index (Phi) is 5.00. The van der Waals surface area contributed by atoms with E-state index in [9.17, 15) is 0 Å². The lowest BCUT2D eigenvalue weighted by Crippen LogP contribution is -2.40. The third-order valence-electron chi connectivity index (χ3n) is 5.36. The fourth-order valence-corrected chi connectivity index (χ4v) is 4.96. The molecule has 0 saturated carbocycles. The summed E-state index contributed by atoms with van der Waals surface area (Å²) in [6.07, 6.45) is 3.65. The van der Waals surface area contributed by atoms with Gasteiger partial charge in [-0.3, -0.25) is 0 Å². The molecule has 0 unspecified atom stereocenters. The summed E-state index contributed by atoms with van der Waals surface area (Å²) >= 11 is 0. The fraction of sp³-hybridized carbons (Fsp3) is 0.579. The van der Waals surface area contributed by atoms with Gasteiger partial charge >= 0.3 is 0 Å². The smallest absolute Gasteiger partial charge is 0.0639 e. The molecule has 0 N–H and O–H groups in total. The Morgan fingerprint density at radius 1 is 1.05 bits per heavy atom. The molecule has 0 nitrogen and oxygen atoms in total. The van der Waals surface area contributed by atoms with Crippen molar-refractivity contribution in [1.29, 1.82) is 0 Å². The van der Waals surface area contributed by atoms with Crippen LogP contribution in [0.25, 0.3) is 0 Å². The molecule has 1 aromatic carbocycles. The number of aryl methyl sites for hydroxylation is 3. The van der Waals surface area contributed by atoms with Crippen LogP contribution in [0.3, 0.4) is 0 Å². The van der Waals surface area contributed by atoms with E-state index in [1.54, 1.807) is 0 Å². The maximum atomic E-state index is 3.65. The van der Waals surface area contributed by atoms with Crippen LogP contribution in [0.5, 0.6) is 0 Å². The molecular weight excluding hydrogens is 256 g/mol. The number of benzene rings is 1. The Morgan fingerprint density at radius 2 is 1.50 bits per heavy atom. The Hall–Kier alpha value is -0.913. The second-order valence-corrected chi connectivity index (χ2v) is 12.7. The molecule has 20 heavy (non-hydrogen) atoms. The van der Waals surface area contributed by atoms with Gasteiger partial charge in [-0.25, -0.2) is 0 Å². The van der Waals surface area contributed by atoms with Gasteiger partial charge in [0.2, 0.25) is 0 Å². The standard InChI is InChI=1S/C19H31Si/c1-14(2)19(6,7)20(8,9)11-10-18-16(4)12-15(3)13-17(18)5/h11-14H,1-9H3/q+1. The fourth-order valence-electron chi connectivity index (χ4n) is 2.59. The van der Waals surface area contributed by atoms with E-state index in [-0.39, 0.29) is 0 Å². The monoisotopic (exact) mass is 287 g/mol. The highest BCUT2D eigenvalue weighted by molar-refractivity contribution is 6.84. The molecule has 0 radical (unpaired) electrons. The summed E-state index contributed by atoms with van der Waals surface area (Å²) in [6.45, 7) is 21.0. The van der Waals surface area contributed by atoms with Crippen molar-refractivity contribution in [2.45, 2.75) is 66.6 Å². The van der Waals surface area contributed by atoms with E-state index in [0.717, 1.165) is 0 Å². The van der Waals surface area contributed by atoms with Gasteiger partial charge in [0.15, 0.2) is 5.56 Å². The maximum absolute atomic E-state index is 3.65. The van der Waals surface area contributed by atoms with Crippen LogP contribution in [0.4, 0.5) is 0 Å². The topological polar surface area (TPSA) is 0 Å². The van der Waals surface area contributed by atoms with Gasteiger partial charge in [-0.05, 0) is 23.4 Å². The molecule has 1 heteroatoms. The molecule has 0 aromatic heterocycles. The van der Waals surface area contributed by atoms with Crippen molar-refractivity contribution in [3.05, 3.63) is 46.2 Å². The zero-order valence-corrected chi connectivity index (χ0v) is 15.8. The van der Waals surface area contributed by atoms with Gasteiger partial charge in [0.25, 0.3) is 0 Å². The molecule has 0 atom stereocenters. The highest BCUT2D eigenvalue weighted by Gasteiger charge is 2.40. The number of hydrogen-bond donors (Lipinski definition) is 0. The van der Waals surface area contributed by atoms with E-state index in [1.165, 1.54) is 22.3 Å². The van der Waals surface area contributed by atoms with E-state index >= 15 is 0 Å². The van der Waals surface area contributed by atoms with Crippen molar-refractivity contribution in [3.63, 3.8) is 0 Å². The molecule has 1 aromatic rings. The molecule has 0 spiro atoms. The average Bonchev–Trinajstić information content (AvgIpc) is 2.26. The van der Waals surface area contributed by atoms with Gasteiger partial charge in [-0.1, -0.05) is 40.8 Å². The minimum absolute atomic E-state index is 0.381. The molecule has 0 aliphatic heterocycles. The van der Waals surface area contributed by atoms with Gasteiger partial charge in [0, 0.05) is 37.8 Å². The molecule has 0 amide bonds. The summed E-state index contributed by atoms with van der Waals surface area (Å²) in [5.41, 5.74) is 7.72. The molecule has 110 valence electrons. The average molecular weight is 288 g/mol. The van der Waals surface area contributed by atoms with Crippen molar-refractivity contribution >= 4 is 8.07 Å². The van der Waals surface area contributed by atoms with Crippen molar-refractivity contribution in [3.8, 4) is 0 Å². The summed E-state index contributed by atoms with van der Waals surface area (Å²) in [5, 5.41) is 0.381. The van der Waals surface area contributed by atoms with Gasteiger partial charge in [-0.15, -0.1) is 0 Å². The van der Waals surface area contributed by atoms with Crippen LogP contribution >= 0.6 is 0 Å². The highest BCUT2D eigenvalue weighted by Crippen LogP contribution is 2.44. The lowest BCUT2D eigenvalue weighted by atomic mass is 9.99. The summed E-state index contributed by atoms with van der Waals surface area (Å²) < 4.78 is 0. The molecule has 0 saturated heterocycles. The number of rotatable bonds is 4. The zero-order chi connectivity index (χ0) is 15.7. The second-order valence-electron chi connectivity index (χ2n) is 7.66. The normalized spacial score (nSPS) is 13.1. The Balaban J connectivity index is 3.16. The van der Waals surface area contributed by atoms with Crippen LogP contribution in [0.2, 0.25) is 18.1 Å². The third kappa shape index (κ3) is 3.40. The van der Waals surface area contributed by atoms with Crippen LogP contribution in [-0.4, -0.2) is 8.07 Å². The first-order valence-electron chi connectivity index (χ1n) is 7.68. The van der Waals surface area contributed by atoms with E-state index in [1.807, 2.05) is 0 Å². The van der Waals surface area contributed by atoms with Crippen LogP contribution in [-0.2, 0) is 0 Å². The van der Waals surface area contributed by atoms with Gasteiger partial charge in [-0.2, -0.15) is 0 Å². The lowest BCUT2D eigenvalue weighted by Gasteiger charge is -2.40. The minimum atomic E-state index is -1.47. The first-order chi connectivity index (χ1) is 8.99. The molecule has 0 bridgehead atoms. The van der Waals surface area contributed by atoms with Gasteiger partial charge < -0.3 is 0 Å². The van der Waals surface area contributed by atoms with Crippen molar-refractivity contribution in [1.82, 2.24) is 0 Å². The molecule has 0 heterocycles. The van der Waals surface area contributed by atoms with E-state index in [4.69, 9.17) is 0 Å².